The van der Waals surface area contributed by atoms with Crippen molar-refractivity contribution in [3.05, 3.63) is 29.8 Å². The van der Waals surface area contributed by atoms with Gasteiger partial charge in [-0.25, -0.2) is 0 Å². The Hall–Kier alpha value is -1.62. The van der Waals surface area contributed by atoms with Crippen LogP contribution in [0.5, 0.6) is 5.75 Å². The standard InChI is InChI=1S/C14H20N2O2S/c1-10(2)16(7-6-13(15)19)14(18)9-11-4-3-5-12(17)8-11/h3-5,8,10,17H,6-7,9H2,1-2H3,(H2,15,19). The highest BCUT2D eigenvalue weighted by molar-refractivity contribution is 7.80. The SMILES string of the molecule is CC(C)N(CCC(N)=S)C(=O)Cc1cccc(O)c1. The third-order valence-electron chi connectivity index (χ3n) is 2.81. The number of nitrogens with two attached hydrogens (primary N) is 1. The highest BCUT2D eigenvalue weighted by Gasteiger charge is 2.17. The van der Waals surface area contributed by atoms with Crippen LogP contribution >= 0.6 is 12.2 Å². The summed E-state index contributed by atoms with van der Waals surface area (Å²) in [6, 6.07) is 6.83. The molecule has 1 rings (SSSR count). The van der Waals surface area contributed by atoms with Crippen LogP contribution in [-0.2, 0) is 11.2 Å². The second-order valence-corrected chi connectivity index (χ2v) is 5.27. The molecule has 0 aliphatic carbocycles. The molecule has 1 amide bonds. The quantitative estimate of drug-likeness (QED) is 0.780. The van der Waals surface area contributed by atoms with E-state index in [-0.39, 0.29) is 24.1 Å². The maximum absolute atomic E-state index is 12.2. The van der Waals surface area contributed by atoms with E-state index < -0.39 is 0 Å². The summed E-state index contributed by atoms with van der Waals surface area (Å²) < 4.78 is 0. The van der Waals surface area contributed by atoms with Gasteiger partial charge in [0.15, 0.2) is 0 Å². The van der Waals surface area contributed by atoms with E-state index in [2.05, 4.69) is 0 Å². The smallest absolute Gasteiger partial charge is 0.227 e. The van der Waals surface area contributed by atoms with Gasteiger partial charge in [-0.15, -0.1) is 0 Å². The summed E-state index contributed by atoms with van der Waals surface area (Å²) >= 11 is 4.84. The van der Waals surface area contributed by atoms with Crippen molar-refractivity contribution in [3.8, 4) is 5.75 Å². The number of hydrogen-bond donors (Lipinski definition) is 2. The Labute approximate surface area is 119 Å². The molecule has 0 unspecified atom stereocenters. The van der Waals surface area contributed by atoms with E-state index in [1.807, 2.05) is 19.9 Å². The van der Waals surface area contributed by atoms with Crippen LogP contribution in [0.2, 0.25) is 0 Å². The van der Waals surface area contributed by atoms with Crippen molar-refractivity contribution in [1.82, 2.24) is 4.90 Å². The van der Waals surface area contributed by atoms with Gasteiger partial charge in [0, 0.05) is 19.0 Å². The first-order chi connectivity index (χ1) is 8.90. The van der Waals surface area contributed by atoms with Crippen LogP contribution in [0.25, 0.3) is 0 Å². The van der Waals surface area contributed by atoms with Gasteiger partial charge >= 0.3 is 0 Å². The van der Waals surface area contributed by atoms with Crippen molar-refractivity contribution >= 4 is 23.1 Å². The van der Waals surface area contributed by atoms with Gasteiger partial charge in [0.1, 0.15) is 5.75 Å². The molecular formula is C14H20N2O2S. The van der Waals surface area contributed by atoms with Gasteiger partial charge in [0.05, 0.1) is 11.4 Å². The molecule has 1 aromatic rings. The van der Waals surface area contributed by atoms with Crippen molar-refractivity contribution in [1.29, 1.82) is 0 Å². The monoisotopic (exact) mass is 280 g/mol. The average molecular weight is 280 g/mol. The molecule has 0 aliphatic heterocycles. The lowest BCUT2D eigenvalue weighted by Crippen LogP contribution is -2.39. The molecule has 0 aromatic heterocycles. The molecule has 0 fully saturated rings. The number of aromatic hydroxyl groups is 1. The zero-order chi connectivity index (χ0) is 14.4. The van der Waals surface area contributed by atoms with E-state index in [0.29, 0.717) is 18.0 Å². The summed E-state index contributed by atoms with van der Waals surface area (Å²) in [4.78, 5) is 14.4. The van der Waals surface area contributed by atoms with Crippen LogP contribution in [0, 0.1) is 0 Å². The molecule has 0 heterocycles. The van der Waals surface area contributed by atoms with E-state index in [1.165, 1.54) is 0 Å². The summed E-state index contributed by atoms with van der Waals surface area (Å²) in [6.07, 6.45) is 0.795. The number of carbonyl (C=O) groups excluding carboxylic acids is 1. The topological polar surface area (TPSA) is 66.6 Å². The summed E-state index contributed by atoms with van der Waals surface area (Å²) in [7, 11) is 0. The minimum atomic E-state index is 0.0110. The molecule has 5 heteroatoms. The predicted molar refractivity (Wildman–Crippen MR) is 80.1 cm³/mol. The lowest BCUT2D eigenvalue weighted by atomic mass is 10.1. The molecule has 0 saturated carbocycles. The average Bonchev–Trinajstić information content (AvgIpc) is 2.28. The first-order valence-electron chi connectivity index (χ1n) is 6.26. The number of hydrogen-bond acceptors (Lipinski definition) is 3. The highest BCUT2D eigenvalue weighted by atomic mass is 32.1. The number of phenolic OH excluding ortho intramolecular Hbond substituents is 1. The molecule has 0 saturated heterocycles. The van der Waals surface area contributed by atoms with Crippen molar-refractivity contribution < 1.29 is 9.90 Å². The van der Waals surface area contributed by atoms with Crippen LogP contribution in [0.4, 0.5) is 0 Å². The number of rotatable bonds is 6. The largest absolute Gasteiger partial charge is 0.508 e. The highest BCUT2D eigenvalue weighted by Crippen LogP contribution is 2.13. The fourth-order valence-electron chi connectivity index (χ4n) is 1.84. The molecule has 0 aliphatic rings. The fraction of sp³-hybridized carbons (Fsp3) is 0.429. The van der Waals surface area contributed by atoms with E-state index in [1.54, 1.807) is 23.1 Å². The van der Waals surface area contributed by atoms with Crippen LogP contribution in [0.3, 0.4) is 0 Å². The number of benzene rings is 1. The summed E-state index contributed by atoms with van der Waals surface area (Å²) in [5.74, 6) is 0.182. The summed E-state index contributed by atoms with van der Waals surface area (Å²) in [5.41, 5.74) is 6.27. The van der Waals surface area contributed by atoms with Crippen molar-refractivity contribution in [3.63, 3.8) is 0 Å². The van der Waals surface area contributed by atoms with Crippen LogP contribution in [0.15, 0.2) is 24.3 Å². The molecule has 0 radical (unpaired) electrons. The second kappa shape index (κ2) is 7.09. The Morgan fingerprint density at radius 1 is 1.47 bits per heavy atom. The third-order valence-corrected chi connectivity index (χ3v) is 3.01. The Bertz CT molecular complexity index is 461. The lowest BCUT2D eigenvalue weighted by Gasteiger charge is -2.26. The lowest BCUT2D eigenvalue weighted by molar-refractivity contribution is -0.132. The first kappa shape index (κ1) is 15.4. The van der Waals surface area contributed by atoms with E-state index >= 15 is 0 Å². The zero-order valence-corrected chi connectivity index (χ0v) is 12.1. The Balaban J connectivity index is 2.69. The van der Waals surface area contributed by atoms with Crippen molar-refractivity contribution in [2.75, 3.05) is 6.54 Å². The number of phenols is 1. The third kappa shape index (κ3) is 5.26. The predicted octanol–water partition coefficient (Wildman–Crippen LogP) is 1.85. The number of amides is 1. The summed E-state index contributed by atoms with van der Waals surface area (Å²) in [6.45, 7) is 4.45. The molecule has 104 valence electrons. The Kier molecular flexibility index (Phi) is 5.76. The fourth-order valence-corrected chi connectivity index (χ4v) is 1.94. The van der Waals surface area contributed by atoms with Gasteiger partial charge in [-0.1, -0.05) is 24.4 Å². The van der Waals surface area contributed by atoms with Gasteiger partial charge in [-0.05, 0) is 31.5 Å². The van der Waals surface area contributed by atoms with E-state index in [9.17, 15) is 9.90 Å². The number of nitrogens with zero attached hydrogens (tertiary/aromatic N) is 1. The van der Waals surface area contributed by atoms with Gasteiger partial charge in [0.2, 0.25) is 5.91 Å². The van der Waals surface area contributed by atoms with E-state index in [0.717, 1.165) is 5.56 Å². The first-order valence-corrected chi connectivity index (χ1v) is 6.66. The molecule has 0 bridgehead atoms. The van der Waals surface area contributed by atoms with Gasteiger partial charge in [-0.3, -0.25) is 4.79 Å². The molecule has 1 aromatic carbocycles. The molecule has 19 heavy (non-hydrogen) atoms. The van der Waals surface area contributed by atoms with E-state index in [4.69, 9.17) is 18.0 Å². The Morgan fingerprint density at radius 2 is 2.16 bits per heavy atom. The maximum Gasteiger partial charge on any atom is 0.227 e. The van der Waals surface area contributed by atoms with Gasteiger partial charge in [0.25, 0.3) is 0 Å². The van der Waals surface area contributed by atoms with Crippen molar-refractivity contribution in [2.45, 2.75) is 32.7 Å². The maximum atomic E-state index is 12.2. The van der Waals surface area contributed by atoms with Crippen LogP contribution in [-0.4, -0.2) is 33.5 Å². The van der Waals surface area contributed by atoms with Gasteiger partial charge in [-0.2, -0.15) is 0 Å². The zero-order valence-electron chi connectivity index (χ0n) is 11.3. The van der Waals surface area contributed by atoms with Crippen LogP contribution in [0.1, 0.15) is 25.8 Å². The van der Waals surface area contributed by atoms with Gasteiger partial charge < -0.3 is 15.7 Å². The normalized spacial score (nSPS) is 10.5. The molecule has 0 atom stereocenters. The second-order valence-electron chi connectivity index (χ2n) is 4.74. The Morgan fingerprint density at radius 3 is 2.68 bits per heavy atom. The minimum absolute atomic E-state index is 0.0110. The molecule has 4 nitrogen and oxygen atoms in total. The molecule has 3 N–H and O–H groups in total. The molecular weight excluding hydrogens is 260 g/mol. The van der Waals surface area contributed by atoms with Crippen LogP contribution < -0.4 is 5.73 Å². The molecule has 0 spiro atoms. The van der Waals surface area contributed by atoms with Crippen molar-refractivity contribution in [2.24, 2.45) is 5.73 Å². The summed E-state index contributed by atoms with van der Waals surface area (Å²) in [5, 5.41) is 9.39. The number of thiocarbonyl (C=S) groups is 1. The number of carbonyl (C=O) groups is 1. The minimum Gasteiger partial charge on any atom is -0.508 e.